The first kappa shape index (κ1) is 22.8. The van der Waals surface area contributed by atoms with Crippen molar-refractivity contribution in [1.82, 2.24) is 9.80 Å². The molecule has 0 bridgehead atoms. The Hall–Kier alpha value is -2.88. The molecule has 164 valence electrons. The van der Waals surface area contributed by atoms with Crippen LogP contribution in [0.1, 0.15) is 67.4 Å². The van der Waals surface area contributed by atoms with E-state index in [4.69, 9.17) is 0 Å². The lowest BCUT2D eigenvalue weighted by Crippen LogP contribution is -2.48. The van der Waals surface area contributed by atoms with Crippen LogP contribution in [-0.4, -0.2) is 47.3 Å². The number of likely N-dealkylation sites (tertiary alicyclic amines) is 1. The van der Waals surface area contributed by atoms with Gasteiger partial charge < -0.3 is 9.80 Å². The highest BCUT2D eigenvalue weighted by molar-refractivity contribution is 5.94. The van der Waals surface area contributed by atoms with Gasteiger partial charge in [-0.05, 0) is 54.5 Å². The molecule has 31 heavy (non-hydrogen) atoms. The van der Waals surface area contributed by atoms with Gasteiger partial charge in [0.1, 0.15) is 0 Å². The lowest BCUT2D eigenvalue weighted by molar-refractivity contribution is -0.129. The molecule has 2 aromatic rings. The number of piperidine rings is 1. The van der Waals surface area contributed by atoms with Gasteiger partial charge in [0, 0.05) is 37.3 Å². The van der Waals surface area contributed by atoms with Gasteiger partial charge in [-0.2, -0.15) is 0 Å². The molecule has 4 heteroatoms. The Labute approximate surface area is 186 Å². The normalized spacial score (nSPS) is 14.9. The molecule has 0 spiro atoms. The number of nitrogens with zero attached hydrogens (tertiary/aromatic N) is 2. The van der Waals surface area contributed by atoms with E-state index in [-0.39, 0.29) is 17.9 Å². The summed E-state index contributed by atoms with van der Waals surface area (Å²) in [6, 6.07) is 18.0. The zero-order valence-corrected chi connectivity index (χ0v) is 19.0. The van der Waals surface area contributed by atoms with Crippen molar-refractivity contribution in [3.05, 3.63) is 77.4 Å². The number of hydrogen-bond acceptors (Lipinski definition) is 2. The quantitative estimate of drug-likeness (QED) is 0.568. The molecule has 0 unspecified atom stereocenters. The molecule has 0 atom stereocenters. The van der Waals surface area contributed by atoms with Gasteiger partial charge in [-0.1, -0.05) is 63.2 Å². The smallest absolute Gasteiger partial charge is 0.253 e. The fraction of sp³-hybridized carbons (Fsp3) is 0.407. The maximum atomic E-state index is 13.0. The van der Waals surface area contributed by atoms with E-state index in [1.54, 1.807) is 6.08 Å². The zero-order chi connectivity index (χ0) is 22.2. The van der Waals surface area contributed by atoms with Gasteiger partial charge in [0.15, 0.2) is 0 Å². The average Bonchev–Trinajstić information content (AvgIpc) is 2.81. The molecular weight excluding hydrogens is 384 g/mol. The second-order valence-corrected chi connectivity index (χ2v) is 8.58. The standard InChI is InChI=1S/C27H34N2O2/c1-4-18-29(26(30)15-12-22-10-13-23(14-11-22)21(2)3)25-16-19-28(20-17-25)27(31)24-8-6-5-7-9-24/h5-15,21,25H,4,16-20H2,1-3H3/b15-12+. The first-order valence-electron chi connectivity index (χ1n) is 11.4. The van der Waals surface area contributed by atoms with Crippen LogP contribution in [0, 0.1) is 0 Å². The third-order valence-electron chi connectivity index (χ3n) is 5.98. The van der Waals surface area contributed by atoms with E-state index in [9.17, 15) is 9.59 Å². The fourth-order valence-corrected chi connectivity index (χ4v) is 4.11. The largest absolute Gasteiger partial charge is 0.338 e. The summed E-state index contributed by atoms with van der Waals surface area (Å²) in [5.41, 5.74) is 3.07. The number of hydrogen-bond donors (Lipinski definition) is 0. The first-order chi connectivity index (χ1) is 15.0. The van der Waals surface area contributed by atoms with Gasteiger partial charge in [-0.25, -0.2) is 0 Å². The Kier molecular flexibility index (Phi) is 8.05. The third-order valence-corrected chi connectivity index (χ3v) is 5.98. The van der Waals surface area contributed by atoms with Crippen molar-refractivity contribution in [2.24, 2.45) is 0 Å². The van der Waals surface area contributed by atoms with Gasteiger partial charge >= 0.3 is 0 Å². The summed E-state index contributed by atoms with van der Waals surface area (Å²) >= 11 is 0. The van der Waals surface area contributed by atoms with Crippen molar-refractivity contribution in [3.8, 4) is 0 Å². The van der Waals surface area contributed by atoms with Crippen molar-refractivity contribution in [2.75, 3.05) is 19.6 Å². The van der Waals surface area contributed by atoms with Crippen LogP contribution in [0.25, 0.3) is 6.08 Å². The lowest BCUT2D eigenvalue weighted by Gasteiger charge is -2.38. The minimum absolute atomic E-state index is 0.0580. The van der Waals surface area contributed by atoms with E-state index >= 15 is 0 Å². The van der Waals surface area contributed by atoms with Crippen molar-refractivity contribution in [3.63, 3.8) is 0 Å². The van der Waals surface area contributed by atoms with E-state index in [1.807, 2.05) is 46.2 Å². The number of rotatable bonds is 7. The molecule has 3 rings (SSSR count). The summed E-state index contributed by atoms with van der Waals surface area (Å²) in [5.74, 6) is 0.638. The Bertz CT molecular complexity index is 879. The SMILES string of the molecule is CCCN(C(=O)/C=C/c1ccc(C(C)C)cc1)C1CCN(C(=O)c2ccccc2)CC1. The van der Waals surface area contributed by atoms with Crippen molar-refractivity contribution in [1.29, 1.82) is 0 Å². The highest BCUT2D eigenvalue weighted by Gasteiger charge is 2.28. The fourth-order valence-electron chi connectivity index (χ4n) is 4.11. The van der Waals surface area contributed by atoms with E-state index in [2.05, 4.69) is 45.0 Å². The summed E-state index contributed by atoms with van der Waals surface area (Å²) < 4.78 is 0. The van der Waals surface area contributed by atoms with Crippen molar-refractivity contribution < 1.29 is 9.59 Å². The molecule has 1 heterocycles. The molecule has 0 N–H and O–H groups in total. The van der Waals surface area contributed by atoms with Crippen LogP contribution >= 0.6 is 0 Å². The number of benzene rings is 2. The van der Waals surface area contributed by atoms with Crippen LogP contribution in [0.4, 0.5) is 0 Å². The summed E-state index contributed by atoms with van der Waals surface area (Å²) in [4.78, 5) is 29.6. The predicted molar refractivity (Wildman–Crippen MR) is 127 cm³/mol. The molecular formula is C27H34N2O2. The van der Waals surface area contributed by atoms with E-state index in [1.165, 1.54) is 5.56 Å². The molecule has 0 aromatic heterocycles. The van der Waals surface area contributed by atoms with E-state index < -0.39 is 0 Å². The van der Waals surface area contributed by atoms with Crippen molar-refractivity contribution in [2.45, 2.75) is 52.0 Å². The highest BCUT2D eigenvalue weighted by atomic mass is 16.2. The van der Waals surface area contributed by atoms with Gasteiger partial charge in [-0.15, -0.1) is 0 Å². The van der Waals surface area contributed by atoms with Gasteiger partial charge in [0.05, 0.1) is 0 Å². The van der Waals surface area contributed by atoms with E-state index in [0.717, 1.165) is 36.9 Å². The second kappa shape index (κ2) is 10.9. The Morgan fingerprint density at radius 3 is 2.26 bits per heavy atom. The second-order valence-electron chi connectivity index (χ2n) is 8.58. The summed E-state index contributed by atoms with van der Waals surface area (Å²) in [5, 5.41) is 0. The van der Waals surface area contributed by atoms with Crippen molar-refractivity contribution >= 4 is 17.9 Å². The summed E-state index contributed by atoms with van der Waals surface area (Å²) in [7, 11) is 0. The molecule has 0 saturated carbocycles. The van der Waals surface area contributed by atoms with Crippen LogP contribution in [0.5, 0.6) is 0 Å². The van der Waals surface area contributed by atoms with Crippen LogP contribution in [0.3, 0.4) is 0 Å². The lowest BCUT2D eigenvalue weighted by atomic mass is 10.0. The van der Waals surface area contributed by atoms with Crippen LogP contribution in [0.15, 0.2) is 60.7 Å². The molecule has 0 radical (unpaired) electrons. The van der Waals surface area contributed by atoms with Gasteiger partial charge in [0.2, 0.25) is 5.91 Å². The molecule has 1 aliphatic rings. The zero-order valence-electron chi connectivity index (χ0n) is 19.0. The first-order valence-corrected chi connectivity index (χ1v) is 11.4. The molecule has 1 fully saturated rings. The minimum atomic E-state index is 0.0580. The Balaban J connectivity index is 1.60. The van der Waals surface area contributed by atoms with Gasteiger partial charge in [0.25, 0.3) is 5.91 Å². The summed E-state index contributed by atoms with van der Waals surface area (Å²) in [6.45, 7) is 8.57. The number of carbonyl (C=O) groups excluding carboxylic acids is 2. The van der Waals surface area contributed by atoms with E-state index in [0.29, 0.717) is 19.0 Å². The molecule has 1 aliphatic heterocycles. The third kappa shape index (κ3) is 6.06. The average molecular weight is 419 g/mol. The molecule has 2 aromatic carbocycles. The van der Waals surface area contributed by atoms with Gasteiger partial charge in [-0.3, -0.25) is 9.59 Å². The summed E-state index contributed by atoms with van der Waals surface area (Å²) in [6.07, 6.45) is 6.17. The predicted octanol–water partition coefficient (Wildman–Crippen LogP) is 5.37. The topological polar surface area (TPSA) is 40.6 Å². The Morgan fingerprint density at radius 1 is 1.03 bits per heavy atom. The minimum Gasteiger partial charge on any atom is -0.338 e. The highest BCUT2D eigenvalue weighted by Crippen LogP contribution is 2.20. The monoisotopic (exact) mass is 418 g/mol. The van der Waals surface area contributed by atoms with Crippen LogP contribution in [-0.2, 0) is 4.79 Å². The Morgan fingerprint density at radius 2 is 1.68 bits per heavy atom. The van der Waals surface area contributed by atoms with Crippen LogP contribution in [0.2, 0.25) is 0 Å². The molecule has 2 amide bonds. The molecule has 0 aliphatic carbocycles. The number of amides is 2. The molecule has 1 saturated heterocycles. The maximum Gasteiger partial charge on any atom is 0.253 e. The molecule has 4 nitrogen and oxygen atoms in total. The maximum absolute atomic E-state index is 13.0. The number of carbonyl (C=O) groups is 2. The van der Waals surface area contributed by atoms with Crippen LogP contribution < -0.4 is 0 Å².